The monoisotopic (exact) mass is 294 g/mol. The second-order valence-corrected chi connectivity index (χ2v) is 6.11. The molecule has 1 aromatic rings. The van der Waals surface area contributed by atoms with E-state index in [2.05, 4.69) is 4.90 Å². The number of β-amino-alcohol motifs (C(OH)–C–C–N with tert-alkyl or cyclic N) is 1. The fourth-order valence-electron chi connectivity index (χ4n) is 2.48. The second kappa shape index (κ2) is 7.22. The lowest BCUT2D eigenvalue weighted by Gasteiger charge is -2.36. The van der Waals surface area contributed by atoms with E-state index in [9.17, 15) is 10.2 Å². The quantitative estimate of drug-likeness (QED) is 0.721. The predicted molar refractivity (Wildman–Crippen MR) is 82.1 cm³/mol. The Morgan fingerprint density at radius 3 is 2.48 bits per heavy atom. The van der Waals surface area contributed by atoms with Crippen LogP contribution in [0.2, 0.25) is 0 Å². The van der Waals surface area contributed by atoms with Crippen LogP contribution in [0.5, 0.6) is 5.75 Å². The normalized spacial score (nSPS) is 20.2. The number of hydrogen-bond donors (Lipinski definition) is 3. The molecule has 0 saturated carbocycles. The highest BCUT2D eigenvalue weighted by atomic mass is 16.5. The van der Waals surface area contributed by atoms with Crippen molar-refractivity contribution in [3.63, 3.8) is 0 Å². The van der Waals surface area contributed by atoms with Gasteiger partial charge in [0.05, 0.1) is 5.60 Å². The summed E-state index contributed by atoms with van der Waals surface area (Å²) in [6.45, 7) is 4.87. The first-order chi connectivity index (χ1) is 9.98. The highest BCUT2D eigenvalue weighted by molar-refractivity contribution is 5.27. The van der Waals surface area contributed by atoms with Crippen LogP contribution in [0.25, 0.3) is 0 Å². The molecule has 2 rings (SSSR count). The topological polar surface area (TPSA) is 79.0 Å². The number of hydrogen-bond acceptors (Lipinski definition) is 5. The molecular formula is C16H26N2O3. The number of piperidine rings is 1. The molecule has 1 aromatic carbocycles. The van der Waals surface area contributed by atoms with E-state index >= 15 is 0 Å². The molecule has 0 amide bonds. The summed E-state index contributed by atoms with van der Waals surface area (Å²) in [5.41, 5.74) is 6.05. The van der Waals surface area contributed by atoms with Crippen LogP contribution in [-0.4, -0.2) is 53.1 Å². The zero-order chi connectivity index (χ0) is 15.3. The molecule has 4 N–H and O–H groups in total. The van der Waals surface area contributed by atoms with Crippen molar-refractivity contribution < 1.29 is 14.9 Å². The molecule has 118 valence electrons. The molecule has 1 fully saturated rings. The van der Waals surface area contributed by atoms with E-state index in [0.717, 1.165) is 37.2 Å². The van der Waals surface area contributed by atoms with Crippen LogP contribution >= 0.6 is 0 Å². The summed E-state index contributed by atoms with van der Waals surface area (Å²) in [5.74, 6) is 0.743. The summed E-state index contributed by atoms with van der Waals surface area (Å²) in [7, 11) is 0. The van der Waals surface area contributed by atoms with E-state index in [0.29, 0.717) is 13.1 Å². The highest BCUT2D eigenvalue weighted by Gasteiger charge is 2.28. The summed E-state index contributed by atoms with van der Waals surface area (Å²) >= 11 is 0. The van der Waals surface area contributed by atoms with E-state index in [1.807, 2.05) is 31.2 Å². The molecule has 1 saturated heterocycles. The lowest BCUT2D eigenvalue weighted by molar-refractivity contribution is -0.0201. The van der Waals surface area contributed by atoms with Crippen LogP contribution in [0.3, 0.4) is 0 Å². The van der Waals surface area contributed by atoms with Crippen LogP contribution in [0, 0.1) is 0 Å². The lowest BCUT2D eigenvalue weighted by atomic mass is 9.94. The summed E-state index contributed by atoms with van der Waals surface area (Å²) in [6.07, 6.45) is 0.977. The van der Waals surface area contributed by atoms with Gasteiger partial charge in [-0.25, -0.2) is 0 Å². The molecule has 0 aliphatic carbocycles. The van der Waals surface area contributed by atoms with E-state index in [1.54, 1.807) is 0 Å². The number of aliphatic hydroxyl groups excluding tert-OH is 1. The molecule has 1 aliphatic rings. The van der Waals surface area contributed by atoms with E-state index in [-0.39, 0.29) is 6.61 Å². The fraction of sp³-hybridized carbons (Fsp3) is 0.625. The van der Waals surface area contributed by atoms with Crippen molar-refractivity contribution in [3.05, 3.63) is 29.8 Å². The number of nitrogens with two attached hydrogens (primary N) is 1. The average Bonchev–Trinajstić information content (AvgIpc) is 2.48. The van der Waals surface area contributed by atoms with Crippen LogP contribution in [0.4, 0.5) is 0 Å². The predicted octanol–water partition coefficient (Wildman–Crippen LogP) is 0.732. The first-order valence-electron chi connectivity index (χ1n) is 7.53. The molecule has 5 heteroatoms. The maximum absolute atomic E-state index is 10.0. The Labute approximate surface area is 126 Å². The number of benzene rings is 1. The van der Waals surface area contributed by atoms with Gasteiger partial charge in [-0.2, -0.15) is 0 Å². The highest BCUT2D eigenvalue weighted by Crippen LogP contribution is 2.21. The van der Waals surface area contributed by atoms with Gasteiger partial charge in [-0.15, -0.1) is 0 Å². The Morgan fingerprint density at radius 2 is 1.90 bits per heavy atom. The smallest absolute Gasteiger partial charge is 0.119 e. The van der Waals surface area contributed by atoms with Gasteiger partial charge >= 0.3 is 0 Å². The molecule has 0 aromatic heterocycles. The number of likely N-dealkylation sites (tertiary alicyclic amines) is 1. The van der Waals surface area contributed by atoms with Gasteiger partial charge in [0.25, 0.3) is 0 Å². The van der Waals surface area contributed by atoms with Crippen molar-refractivity contribution in [2.75, 3.05) is 26.2 Å². The van der Waals surface area contributed by atoms with Crippen molar-refractivity contribution >= 4 is 0 Å². The first kappa shape index (κ1) is 16.2. The molecule has 0 bridgehead atoms. The lowest BCUT2D eigenvalue weighted by Crippen LogP contribution is -2.45. The van der Waals surface area contributed by atoms with Gasteiger partial charge in [0.2, 0.25) is 0 Å². The van der Waals surface area contributed by atoms with Gasteiger partial charge in [-0.1, -0.05) is 12.1 Å². The maximum Gasteiger partial charge on any atom is 0.119 e. The Hall–Kier alpha value is -1.14. The third kappa shape index (κ3) is 5.28. The minimum atomic E-state index is -0.553. The SMILES string of the molecule is CC1(O)CCN(CC(O)COc2ccc(CN)cc2)CC1. The Balaban J connectivity index is 1.71. The van der Waals surface area contributed by atoms with Crippen molar-refractivity contribution in [2.45, 2.75) is 38.0 Å². The van der Waals surface area contributed by atoms with E-state index in [1.165, 1.54) is 0 Å². The molecule has 0 radical (unpaired) electrons. The Kier molecular flexibility index (Phi) is 5.58. The van der Waals surface area contributed by atoms with Crippen LogP contribution in [-0.2, 0) is 6.54 Å². The fourth-order valence-corrected chi connectivity index (χ4v) is 2.48. The van der Waals surface area contributed by atoms with Crippen LogP contribution in [0.1, 0.15) is 25.3 Å². The van der Waals surface area contributed by atoms with Gasteiger partial charge in [0.1, 0.15) is 18.5 Å². The Bertz CT molecular complexity index is 424. The third-order valence-electron chi connectivity index (χ3n) is 4.00. The maximum atomic E-state index is 10.0. The van der Waals surface area contributed by atoms with Gasteiger partial charge in [-0.3, -0.25) is 0 Å². The summed E-state index contributed by atoms with van der Waals surface area (Å²) in [6, 6.07) is 7.59. The number of nitrogens with zero attached hydrogens (tertiary/aromatic N) is 1. The van der Waals surface area contributed by atoms with Crippen molar-refractivity contribution in [2.24, 2.45) is 5.73 Å². The zero-order valence-corrected chi connectivity index (χ0v) is 12.7. The van der Waals surface area contributed by atoms with Gasteiger partial charge in [0, 0.05) is 26.2 Å². The molecule has 1 heterocycles. The Morgan fingerprint density at radius 1 is 1.29 bits per heavy atom. The second-order valence-electron chi connectivity index (χ2n) is 6.11. The standard InChI is InChI=1S/C16H26N2O3/c1-16(20)6-8-18(9-7-16)11-14(19)12-21-15-4-2-13(10-17)3-5-15/h2-5,14,19-20H,6-12,17H2,1H3. The number of ether oxygens (including phenoxy) is 1. The van der Waals surface area contributed by atoms with Gasteiger partial charge in [0.15, 0.2) is 0 Å². The van der Waals surface area contributed by atoms with Gasteiger partial charge in [-0.05, 0) is 37.5 Å². The van der Waals surface area contributed by atoms with Crippen LogP contribution < -0.4 is 10.5 Å². The molecule has 0 spiro atoms. The summed E-state index contributed by atoms with van der Waals surface area (Å²) in [4.78, 5) is 2.17. The average molecular weight is 294 g/mol. The molecule has 1 aliphatic heterocycles. The molecule has 21 heavy (non-hydrogen) atoms. The largest absolute Gasteiger partial charge is 0.491 e. The van der Waals surface area contributed by atoms with Crippen molar-refractivity contribution in [1.29, 1.82) is 0 Å². The molecular weight excluding hydrogens is 268 g/mol. The molecule has 1 atom stereocenters. The van der Waals surface area contributed by atoms with E-state index in [4.69, 9.17) is 10.5 Å². The number of rotatable bonds is 6. The zero-order valence-electron chi connectivity index (χ0n) is 12.7. The van der Waals surface area contributed by atoms with Crippen molar-refractivity contribution in [1.82, 2.24) is 4.90 Å². The number of aliphatic hydroxyl groups is 2. The third-order valence-corrected chi connectivity index (χ3v) is 4.00. The minimum absolute atomic E-state index is 0.273. The van der Waals surface area contributed by atoms with Gasteiger partial charge < -0.3 is 25.6 Å². The van der Waals surface area contributed by atoms with Crippen molar-refractivity contribution in [3.8, 4) is 5.75 Å². The van der Waals surface area contributed by atoms with Crippen LogP contribution in [0.15, 0.2) is 24.3 Å². The molecule has 1 unspecified atom stereocenters. The summed E-state index contributed by atoms with van der Waals surface area (Å²) in [5, 5.41) is 19.9. The first-order valence-corrected chi connectivity index (χ1v) is 7.53. The molecule has 5 nitrogen and oxygen atoms in total. The van der Waals surface area contributed by atoms with E-state index < -0.39 is 11.7 Å². The summed E-state index contributed by atoms with van der Waals surface area (Å²) < 4.78 is 5.58. The minimum Gasteiger partial charge on any atom is -0.491 e.